The van der Waals surface area contributed by atoms with E-state index >= 15 is 0 Å². The molecule has 0 saturated carbocycles. The van der Waals surface area contributed by atoms with Crippen LogP contribution < -0.4 is 9.47 Å². The third-order valence-corrected chi connectivity index (χ3v) is 3.41. The number of aromatic hydroxyl groups is 1. The van der Waals surface area contributed by atoms with Crippen LogP contribution in [0.3, 0.4) is 0 Å². The molecule has 6 nitrogen and oxygen atoms in total. The van der Waals surface area contributed by atoms with Gasteiger partial charge < -0.3 is 19.1 Å². The quantitative estimate of drug-likeness (QED) is 0.772. The molecule has 6 heteroatoms. The molecule has 0 saturated heterocycles. The molecule has 0 bridgehead atoms. The third-order valence-electron chi connectivity index (χ3n) is 3.41. The van der Waals surface area contributed by atoms with Gasteiger partial charge in [-0.3, -0.25) is 0 Å². The van der Waals surface area contributed by atoms with Gasteiger partial charge in [-0.15, -0.1) is 0 Å². The molecular formula is C18H16N2O4. The van der Waals surface area contributed by atoms with E-state index in [4.69, 9.17) is 14.0 Å². The summed E-state index contributed by atoms with van der Waals surface area (Å²) >= 11 is 0. The first-order valence-corrected chi connectivity index (χ1v) is 7.23. The van der Waals surface area contributed by atoms with Crippen LogP contribution in [-0.2, 0) is 0 Å². The molecule has 24 heavy (non-hydrogen) atoms. The van der Waals surface area contributed by atoms with Crippen LogP contribution in [0.2, 0.25) is 0 Å². The van der Waals surface area contributed by atoms with Crippen LogP contribution in [0.1, 0.15) is 11.4 Å². The molecule has 0 radical (unpaired) electrons. The predicted molar refractivity (Wildman–Crippen MR) is 89.9 cm³/mol. The Morgan fingerprint density at radius 2 is 1.79 bits per heavy atom. The molecule has 1 aromatic heterocycles. The van der Waals surface area contributed by atoms with Gasteiger partial charge in [0.25, 0.3) is 5.89 Å². The lowest BCUT2D eigenvalue weighted by Gasteiger charge is -2.07. The van der Waals surface area contributed by atoms with E-state index in [1.165, 1.54) is 0 Å². The molecular weight excluding hydrogens is 308 g/mol. The number of benzene rings is 2. The van der Waals surface area contributed by atoms with Crippen LogP contribution in [0, 0.1) is 0 Å². The second-order valence-electron chi connectivity index (χ2n) is 4.92. The second-order valence-corrected chi connectivity index (χ2v) is 4.92. The van der Waals surface area contributed by atoms with Crippen molar-refractivity contribution < 1.29 is 19.1 Å². The van der Waals surface area contributed by atoms with Crippen molar-refractivity contribution in [2.75, 3.05) is 14.2 Å². The molecule has 0 atom stereocenters. The van der Waals surface area contributed by atoms with Gasteiger partial charge in [-0.05, 0) is 35.9 Å². The Kier molecular flexibility index (Phi) is 4.47. The maximum absolute atomic E-state index is 9.82. The number of ether oxygens (including phenoxy) is 2. The maximum Gasteiger partial charge on any atom is 0.261 e. The van der Waals surface area contributed by atoms with Crippen molar-refractivity contribution in [3.05, 3.63) is 53.9 Å². The van der Waals surface area contributed by atoms with E-state index in [9.17, 15) is 5.11 Å². The lowest BCUT2D eigenvalue weighted by Crippen LogP contribution is -1.90. The number of phenols is 1. The summed E-state index contributed by atoms with van der Waals surface area (Å²) in [5.74, 6) is 2.07. The van der Waals surface area contributed by atoms with Gasteiger partial charge in [0, 0.05) is 0 Å². The van der Waals surface area contributed by atoms with Gasteiger partial charge in [0.15, 0.2) is 17.3 Å². The van der Waals surface area contributed by atoms with Crippen LogP contribution in [-0.4, -0.2) is 29.5 Å². The summed E-state index contributed by atoms with van der Waals surface area (Å²) in [6.45, 7) is 0. The van der Waals surface area contributed by atoms with Crippen LogP contribution in [0.4, 0.5) is 0 Å². The van der Waals surface area contributed by atoms with E-state index in [1.807, 2.05) is 24.3 Å². The zero-order valence-corrected chi connectivity index (χ0v) is 13.3. The number of hydrogen-bond acceptors (Lipinski definition) is 6. The Morgan fingerprint density at radius 1 is 1.00 bits per heavy atom. The molecule has 1 heterocycles. The molecule has 122 valence electrons. The largest absolute Gasteiger partial charge is 0.507 e. The Labute approximate surface area is 139 Å². The van der Waals surface area contributed by atoms with Crippen molar-refractivity contribution in [1.82, 2.24) is 10.1 Å². The number of phenolic OH excluding ortho intramolecular Hbond substituents is 1. The minimum absolute atomic E-state index is 0.0940. The van der Waals surface area contributed by atoms with E-state index < -0.39 is 0 Å². The molecule has 0 fully saturated rings. The molecule has 0 aliphatic carbocycles. The Morgan fingerprint density at radius 3 is 2.54 bits per heavy atom. The molecule has 3 aromatic rings. The number of nitrogens with zero attached hydrogens (tertiary/aromatic N) is 2. The fraction of sp³-hybridized carbons (Fsp3) is 0.111. The molecule has 1 N–H and O–H groups in total. The normalized spacial score (nSPS) is 10.9. The van der Waals surface area contributed by atoms with Crippen LogP contribution in [0.15, 0.2) is 47.0 Å². The van der Waals surface area contributed by atoms with E-state index in [0.717, 1.165) is 5.56 Å². The van der Waals surface area contributed by atoms with Gasteiger partial charge in [-0.2, -0.15) is 4.98 Å². The summed E-state index contributed by atoms with van der Waals surface area (Å²) in [5.41, 5.74) is 1.40. The topological polar surface area (TPSA) is 77.6 Å². The minimum atomic E-state index is 0.0940. The SMILES string of the molecule is COc1ccc(C=Cc2noc(-c3ccccc3O)n2)cc1OC. The summed E-state index contributed by atoms with van der Waals surface area (Å²) in [6, 6.07) is 12.4. The molecule has 2 aromatic carbocycles. The number of methoxy groups -OCH3 is 2. The smallest absolute Gasteiger partial charge is 0.261 e. The first-order valence-electron chi connectivity index (χ1n) is 7.23. The van der Waals surface area contributed by atoms with Gasteiger partial charge in [-0.1, -0.05) is 29.4 Å². The highest BCUT2D eigenvalue weighted by Crippen LogP contribution is 2.29. The fourth-order valence-corrected chi connectivity index (χ4v) is 2.19. The molecule has 0 spiro atoms. The van der Waals surface area contributed by atoms with E-state index in [2.05, 4.69) is 10.1 Å². The van der Waals surface area contributed by atoms with Crippen LogP contribution >= 0.6 is 0 Å². The predicted octanol–water partition coefficient (Wildman–Crippen LogP) is 3.63. The van der Waals surface area contributed by atoms with Gasteiger partial charge in [0.2, 0.25) is 0 Å². The Balaban J connectivity index is 1.82. The highest BCUT2D eigenvalue weighted by atomic mass is 16.5. The van der Waals surface area contributed by atoms with Gasteiger partial charge in [-0.25, -0.2) is 0 Å². The first-order chi connectivity index (χ1) is 11.7. The monoisotopic (exact) mass is 324 g/mol. The Bertz CT molecular complexity index is 871. The standard InChI is InChI=1S/C18H16N2O4/c1-22-15-9-7-12(11-16(15)23-2)8-10-17-19-18(24-20-17)13-5-3-4-6-14(13)21/h3-11,21H,1-2H3. The highest BCUT2D eigenvalue weighted by Gasteiger charge is 2.10. The van der Waals surface area contributed by atoms with Crippen LogP contribution in [0.25, 0.3) is 23.6 Å². The average molecular weight is 324 g/mol. The zero-order chi connectivity index (χ0) is 16.9. The summed E-state index contributed by atoms with van der Waals surface area (Å²) in [6.07, 6.45) is 3.55. The van der Waals surface area contributed by atoms with Crippen LogP contribution in [0.5, 0.6) is 17.2 Å². The van der Waals surface area contributed by atoms with Gasteiger partial charge in [0.1, 0.15) is 5.75 Å². The number of aromatic nitrogens is 2. The fourth-order valence-electron chi connectivity index (χ4n) is 2.19. The number of hydrogen-bond donors (Lipinski definition) is 1. The molecule has 0 aliphatic heterocycles. The molecule has 0 amide bonds. The van der Waals surface area contributed by atoms with Crippen molar-refractivity contribution in [3.8, 4) is 28.7 Å². The summed E-state index contributed by atoms with van der Waals surface area (Å²) in [7, 11) is 3.18. The first kappa shape index (κ1) is 15.6. The summed E-state index contributed by atoms with van der Waals surface area (Å²) in [5, 5.41) is 13.7. The highest BCUT2D eigenvalue weighted by molar-refractivity contribution is 5.69. The van der Waals surface area contributed by atoms with Crippen molar-refractivity contribution >= 4 is 12.2 Å². The second kappa shape index (κ2) is 6.87. The third kappa shape index (κ3) is 3.22. The number of rotatable bonds is 5. The maximum atomic E-state index is 9.82. The average Bonchev–Trinajstić information content (AvgIpc) is 3.08. The van der Waals surface area contributed by atoms with E-state index in [-0.39, 0.29) is 11.6 Å². The summed E-state index contributed by atoms with van der Waals surface area (Å²) in [4.78, 5) is 4.25. The van der Waals surface area contributed by atoms with E-state index in [0.29, 0.717) is 22.9 Å². The van der Waals surface area contributed by atoms with Crippen molar-refractivity contribution in [1.29, 1.82) is 0 Å². The molecule has 3 rings (SSSR count). The summed E-state index contributed by atoms with van der Waals surface area (Å²) < 4.78 is 15.7. The van der Waals surface area contributed by atoms with E-state index in [1.54, 1.807) is 44.6 Å². The van der Waals surface area contributed by atoms with Gasteiger partial charge >= 0.3 is 0 Å². The van der Waals surface area contributed by atoms with Crippen molar-refractivity contribution in [2.45, 2.75) is 0 Å². The lowest BCUT2D eigenvalue weighted by molar-refractivity contribution is 0.355. The lowest BCUT2D eigenvalue weighted by atomic mass is 10.2. The molecule has 0 unspecified atom stereocenters. The minimum Gasteiger partial charge on any atom is -0.507 e. The number of para-hydroxylation sites is 1. The molecule has 0 aliphatic rings. The zero-order valence-electron chi connectivity index (χ0n) is 13.3. The van der Waals surface area contributed by atoms with Crippen molar-refractivity contribution in [2.24, 2.45) is 0 Å². The van der Waals surface area contributed by atoms with Gasteiger partial charge in [0.05, 0.1) is 19.8 Å². The van der Waals surface area contributed by atoms with Crippen molar-refractivity contribution in [3.63, 3.8) is 0 Å². The Hall–Kier alpha value is -3.28.